The Morgan fingerprint density at radius 2 is 1.86 bits per heavy atom. The smallest absolute Gasteiger partial charge is 0.103 e. The summed E-state index contributed by atoms with van der Waals surface area (Å²) in [5.74, 6) is 0. The zero-order valence-corrected chi connectivity index (χ0v) is 4.52. The van der Waals surface area contributed by atoms with Crippen molar-refractivity contribution in [2.24, 2.45) is 0 Å². The van der Waals surface area contributed by atoms with Crippen LogP contribution in [0.25, 0.3) is 0 Å². The minimum absolute atomic E-state index is 0. The first-order valence-electron chi connectivity index (χ1n) is 1.91. The highest BCUT2D eigenvalue weighted by Gasteiger charge is 1.78. The van der Waals surface area contributed by atoms with Crippen LogP contribution in [0.15, 0.2) is 30.4 Å². The van der Waals surface area contributed by atoms with E-state index in [-0.39, 0.29) is 12.4 Å². The third kappa shape index (κ3) is 2.16. The molecule has 36 valence electrons. The first-order valence-corrected chi connectivity index (χ1v) is 1.91. The standard InChI is InChI=1S/C6H5.ClH/c1-2-4-6-5-3-1;/h1-5H;1H/q+1;/p-1. The van der Waals surface area contributed by atoms with Gasteiger partial charge in [0.1, 0.15) is 12.2 Å². The molecule has 1 aliphatic carbocycles. The molecule has 0 saturated heterocycles. The minimum atomic E-state index is 0. The lowest BCUT2D eigenvalue weighted by molar-refractivity contribution is -0.00000116. The molecule has 0 bridgehead atoms. The first kappa shape index (κ1) is 6.42. The molecule has 0 heterocycles. The Morgan fingerprint density at radius 3 is 2.00 bits per heavy atom. The molecule has 7 heavy (non-hydrogen) atoms. The van der Waals surface area contributed by atoms with Crippen LogP contribution < -0.4 is 12.4 Å². The van der Waals surface area contributed by atoms with Crippen molar-refractivity contribution in [1.82, 2.24) is 0 Å². The summed E-state index contributed by atoms with van der Waals surface area (Å²) >= 11 is 0. The van der Waals surface area contributed by atoms with Crippen LogP contribution in [0.4, 0.5) is 0 Å². The van der Waals surface area contributed by atoms with E-state index < -0.39 is 0 Å². The Balaban J connectivity index is 0.000000360. The van der Waals surface area contributed by atoms with E-state index in [1.54, 1.807) is 0 Å². The molecule has 1 rings (SSSR count). The first-order chi connectivity index (χ1) is 3.00. The molecular formula is C6H5Cl. The monoisotopic (exact) mass is 112 g/mol. The molecule has 1 aliphatic rings. The molecule has 0 aliphatic heterocycles. The van der Waals surface area contributed by atoms with Crippen LogP contribution in [0.1, 0.15) is 0 Å². The van der Waals surface area contributed by atoms with E-state index in [0.29, 0.717) is 0 Å². The number of hydrogen-bond acceptors (Lipinski definition) is 0. The second-order valence-electron chi connectivity index (χ2n) is 1.08. The van der Waals surface area contributed by atoms with Crippen LogP contribution in [0, 0.1) is 6.08 Å². The number of allylic oxidation sites excluding steroid dienone is 6. The van der Waals surface area contributed by atoms with Crippen molar-refractivity contribution in [1.29, 1.82) is 0 Å². The van der Waals surface area contributed by atoms with Gasteiger partial charge in [-0.25, -0.2) is 0 Å². The molecule has 0 atom stereocenters. The van der Waals surface area contributed by atoms with Crippen molar-refractivity contribution < 1.29 is 12.4 Å². The summed E-state index contributed by atoms with van der Waals surface area (Å²) in [7, 11) is 0. The maximum Gasteiger partial charge on any atom is 0.103 e. The van der Waals surface area contributed by atoms with Gasteiger partial charge in [0.05, 0.1) is 0 Å². The van der Waals surface area contributed by atoms with Gasteiger partial charge >= 0.3 is 0 Å². The third-order valence-corrected chi connectivity index (χ3v) is 0.607. The second-order valence-corrected chi connectivity index (χ2v) is 1.08. The molecule has 0 N–H and O–H groups in total. The van der Waals surface area contributed by atoms with Gasteiger partial charge in [-0.3, -0.25) is 0 Å². The number of rotatable bonds is 0. The molecule has 0 aromatic heterocycles. The Hall–Kier alpha value is -0.580. The van der Waals surface area contributed by atoms with Gasteiger partial charge in [-0.05, 0) is 0 Å². The van der Waals surface area contributed by atoms with Crippen molar-refractivity contribution in [2.45, 2.75) is 0 Å². The maximum atomic E-state index is 2.89. The van der Waals surface area contributed by atoms with Gasteiger partial charge in [-0.1, -0.05) is 0 Å². The van der Waals surface area contributed by atoms with E-state index in [2.05, 4.69) is 6.08 Å². The molecule has 0 saturated carbocycles. The topological polar surface area (TPSA) is 0 Å². The lowest BCUT2D eigenvalue weighted by Gasteiger charge is -1.64. The minimum Gasteiger partial charge on any atom is -1.00 e. The molecule has 0 nitrogen and oxygen atoms in total. The molecule has 0 aromatic rings. The normalized spacial score (nSPS) is 12.6. The zero-order valence-electron chi connectivity index (χ0n) is 3.76. The fraction of sp³-hybridized carbons (Fsp3) is 0. The summed E-state index contributed by atoms with van der Waals surface area (Å²) in [6, 6.07) is 0. The molecule has 0 amide bonds. The van der Waals surface area contributed by atoms with Crippen LogP contribution in [0.5, 0.6) is 0 Å². The maximum absolute atomic E-state index is 2.89. The van der Waals surface area contributed by atoms with Gasteiger partial charge in [0.15, 0.2) is 0 Å². The molecule has 1 heteroatoms. The van der Waals surface area contributed by atoms with Crippen LogP contribution in [0.2, 0.25) is 0 Å². The van der Waals surface area contributed by atoms with Gasteiger partial charge in [-0.15, -0.1) is 0 Å². The molecule has 0 unspecified atom stereocenters. The highest BCUT2D eigenvalue weighted by molar-refractivity contribution is 5.18. The van der Waals surface area contributed by atoms with Crippen LogP contribution in [-0.4, -0.2) is 0 Å². The largest absolute Gasteiger partial charge is 1.00 e. The summed E-state index contributed by atoms with van der Waals surface area (Å²) < 4.78 is 0. The Morgan fingerprint density at radius 1 is 1.00 bits per heavy atom. The summed E-state index contributed by atoms with van der Waals surface area (Å²) in [5, 5.41) is 0. The summed E-state index contributed by atoms with van der Waals surface area (Å²) in [4.78, 5) is 0. The second kappa shape index (κ2) is 3.60. The fourth-order valence-electron chi connectivity index (χ4n) is 0.342. The lowest BCUT2D eigenvalue weighted by atomic mass is 10.3. The van der Waals surface area contributed by atoms with Gasteiger partial charge in [-0.2, -0.15) is 0 Å². The quantitative estimate of drug-likeness (QED) is 0.334. The SMILES string of the molecule is [C+]1=CC=CC=C1.[Cl-]. The highest BCUT2D eigenvalue weighted by Crippen LogP contribution is 1.85. The van der Waals surface area contributed by atoms with Crippen molar-refractivity contribution >= 4 is 0 Å². The molecule has 0 radical (unpaired) electrons. The predicted molar refractivity (Wildman–Crippen MR) is 26.1 cm³/mol. The van der Waals surface area contributed by atoms with Crippen molar-refractivity contribution in [3.8, 4) is 0 Å². The molecule has 0 fully saturated rings. The average molecular weight is 113 g/mol. The lowest BCUT2D eigenvalue weighted by Crippen LogP contribution is -3.00. The van der Waals surface area contributed by atoms with E-state index in [4.69, 9.17) is 0 Å². The number of halogens is 1. The van der Waals surface area contributed by atoms with Crippen molar-refractivity contribution in [3.05, 3.63) is 36.5 Å². The van der Waals surface area contributed by atoms with Gasteiger partial charge in [0, 0.05) is 24.3 Å². The Kier molecular flexibility index (Phi) is 3.31. The van der Waals surface area contributed by atoms with Gasteiger partial charge in [0.2, 0.25) is 0 Å². The molecule has 0 spiro atoms. The summed E-state index contributed by atoms with van der Waals surface area (Å²) in [6.45, 7) is 0. The third-order valence-electron chi connectivity index (χ3n) is 0.607. The molecule has 0 aromatic carbocycles. The average Bonchev–Trinajstić information content (AvgIpc) is 1.72. The van der Waals surface area contributed by atoms with E-state index >= 15 is 0 Å². The summed E-state index contributed by atoms with van der Waals surface area (Å²) in [5.41, 5.74) is 0. The van der Waals surface area contributed by atoms with E-state index in [1.165, 1.54) is 0 Å². The van der Waals surface area contributed by atoms with Crippen LogP contribution >= 0.6 is 0 Å². The Labute approximate surface area is 49.6 Å². The van der Waals surface area contributed by atoms with E-state index in [9.17, 15) is 0 Å². The van der Waals surface area contributed by atoms with Crippen LogP contribution in [-0.2, 0) is 0 Å². The predicted octanol–water partition coefficient (Wildman–Crippen LogP) is -1.52. The van der Waals surface area contributed by atoms with Gasteiger partial charge < -0.3 is 12.4 Å². The van der Waals surface area contributed by atoms with E-state index in [1.807, 2.05) is 30.4 Å². The highest BCUT2D eigenvalue weighted by atomic mass is 35.5. The molecular weight excluding hydrogens is 108 g/mol. The van der Waals surface area contributed by atoms with Crippen molar-refractivity contribution in [2.75, 3.05) is 0 Å². The fourth-order valence-corrected chi connectivity index (χ4v) is 0.342. The van der Waals surface area contributed by atoms with Gasteiger partial charge in [0.25, 0.3) is 0 Å². The number of hydrogen-bond donors (Lipinski definition) is 0. The van der Waals surface area contributed by atoms with Crippen molar-refractivity contribution in [3.63, 3.8) is 0 Å². The van der Waals surface area contributed by atoms with Crippen LogP contribution in [0.3, 0.4) is 0 Å². The van der Waals surface area contributed by atoms with E-state index in [0.717, 1.165) is 0 Å². The zero-order chi connectivity index (χ0) is 4.24. The Bertz CT molecular complexity index is 73.6. The summed E-state index contributed by atoms with van der Waals surface area (Å²) in [6.07, 6.45) is 12.5.